The van der Waals surface area contributed by atoms with E-state index in [1.807, 2.05) is 54.6 Å². The van der Waals surface area contributed by atoms with Crippen molar-refractivity contribution in [1.29, 1.82) is 0 Å². The second-order valence-corrected chi connectivity index (χ2v) is 6.10. The first-order valence-corrected chi connectivity index (χ1v) is 7.83. The van der Waals surface area contributed by atoms with Crippen LogP contribution in [0.25, 0.3) is 0 Å². The van der Waals surface area contributed by atoms with E-state index < -0.39 is 5.60 Å². The van der Waals surface area contributed by atoms with Gasteiger partial charge in [0.25, 0.3) is 0 Å². The van der Waals surface area contributed by atoms with E-state index in [1.165, 1.54) is 0 Å². The first kappa shape index (κ1) is 14.6. The van der Waals surface area contributed by atoms with Gasteiger partial charge in [0.2, 0.25) is 0 Å². The molecule has 110 valence electrons. The fraction of sp³-hybridized carbons (Fsp3) is 0.333. The maximum Gasteiger partial charge on any atom is 0.117 e. The van der Waals surface area contributed by atoms with E-state index in [-0.39, 0.29) is 5.92 Å². The van der Waals surface area contributed by atoms with Gasteiger partial charge in [0.1, 0.15) is 5.60 Å². The van der Waals surface area contributed by atoms with Crippen LogP contribution in [0.4, 0.5) is 0 Å². The predicted molar refractivity (Wildman–Crippen MR) is 86.5 cm³/mol. The SMILES string of the molecule is O[C@@](c1ccccc1)(c1ccc(Cl)cc1)C1CCNCC1. The largest absolute Gasteiger partial charge is 0.380 e. The molecule has 2 aromatic carbocycles. The third-order valence-electron chi connectivity index (χ3n) is 4.43. The van der Waals surface area contributed by atoms with Crippen molar-refractivity contribution in [3.63, 3.8) is 0 Å². The quantitative estimate of drug-likeness (QED) is 0.908. The molecule has 1 atom stereocenters. The van der Waals surface area contributed by atoms with Crippen LogP contribution in [-0.4, -0.2) is 18.2 Å². The molecule has 21 heavy (non-hydrogen) atoms. The molecule has 0 aromatic heterocycles. The summed E-state index contributed by atoms with van der Waals surface area (Å²) < 4.78 is 0. The van der Waals surface area contributed by atoms with Gasteiger partial charge in [-0.05, 0) is 55.1 Å². The highest BCUT2D eigenvalue weighted by Crippen LogP contribution is 2.41. The van der Waals surface area contributed by atoms with E-state index in [9.17, 15) is 5.11 Å². The minimum atomic E-state index is -0.950. The van der Waals surface area contributed by atoms with Crippen molar-refractivity contribution in [2.45, 2.75) is 18.4 Å². The van der Waals surface area contributed by atoms with Gasteiger partial charge >= 0.3 is 0 Å². The van der Waals surface area contributed by atoms with Crippen molar-refractivity contribution in [2.24, 2.45) is 5.92 Å². The Morgan fingerprint density at radius 1 is 0.905 bits per heavy atom. The zero-order chi connectivity index (χ0) is 14.7. The molecule has 0 aliphatic carbocycles. The fourth-order valence-corrected chi connectivity index (χ4v) is 3.40. The number of halogens is 1. The molecule has 2 aromatic rings. The van der Waals surface area contributed by atoms with E-state index >= 15 is 0 Å². The van der Waals surface area contributed by atoms with E-state index in [0.717, 1.165) is 37.1 Å². The molecule has 1 fully saturated rings. The molecule has 1 aliphatic rings. The van der Waals surface area contributed by atoms with Gasteiger partial charge in [-0.3, -0.25) is 0 Å². The summed E-state index contributed by atoms with van der Waals surface area (Å²) in [6, 6.07) is 17.6. The summed E-state index contributed by atoms with van der Waals surface area (Å²) in [4.78, 5) is 0. The Balaban J connectivity index is 2.07. The molecule has 0 amide bonds. The minimum Gasteiger partial charge on any atom is -0.380 e. The van der Waals surface area contributed by atoms with E-state index in [4.69, 9.17) is 11.6 Å². The van der Waals surface area contributed by atoms with Gasteiger partial charge in [-0.1, -0.05) is 54.1 Å². The van der Waals surface area contributed by atoms with E-state index in [2.05, 4.69) is 5.32 Å². The zero-order valence-electron chi connectivity index (χ0n) is 11.9. The highest BCUT2D eigenvalue weighted by molar-refractivity contribution is 6.30. The average molecular weight is 302 g/mol. The van der Waals surface area contributed by atoms with Crippen molar-refractivity contribution < 1.29 is 5.11 Å². The standard InChI is InChI=1S/C18H20ClNO/c19-17-8-6-15(7-9-17)18(21,14-4-2-1-3-5-14)16-10-12-20-13-11-16/h1-9,16,20-21H,10-13H2/t18-/m0/s1. The smallest absolute Gasteiger partial charge is 0.117 e. The van der Waals surface area contributed by atoms with Crippen LogP contribution in [0.1, 0.15) is 24.0 Å². The highest BCUT2D eigenvalue weighted by Gasteiger charge is 2.40. The summed E-state index contributed by atoms with van der Waals surface area (Å²) in [6.45, 7) is 1.90. The number of benzene rings is 2. The normalized spacial score (nSPS) is 19.1. The van der Waals surface area contributed by atoms with Gasteiger partial charge in [-0.15, -0.1) is 0 Å². The Bertz CT molecular complexity index is 578. The number of piperidine rings is 1. The molecule has 1 saturated heterocycles. The Labute approximate surface area is 130 Å². The fourth-order valence-electron chi connectivity index (χ4n) is 3.27. The predicted octanol–water partition coefficient (Wildman–Crippen LogP) is 3.58. The summed E-state index contributed by atoms with van der Waals surface area (Å²) in [6.07, 6.45) is 1.93. The third-order valence-corrected chi connectivity index (χ3v) is 4.68. The van der Waals surface area contributed by atoms with Gasteiger partial charge in [-0.25, -0.2) is 0 Å². The first-order chi connectivity index (χ1) is 10.2. The van der Waals surface area contributed by atoms with Crippen molar-refractivity contribution >= 4 is 11.6 Å². The van der Waals surface area contributed by atoms with Crippen LogP contribution < -0.4 is 5.32 Å². The lowest BCUT2D eigenvalue weighted by atomic mass is 9.72. The highest BCUT2D eigenvalue weighted by atomic mass is 35.5. The molecule has 3 rings (SSSR count). The Kier molecular flexibility index (Phi) is 4.29. The molecule has 0 bridgehead atoms. The summed E-state index contributed by atoms with van der Waals surface area (Å²) in [7, 11) is 0. The van der Waals surface area contributed by atoms with E-state index in [0.29, 0.717) is 5.02 Å². The first-order valence-electron chi connectivity index (χ1n) is 7.46. The summed E-state index contributed by atoms with van der Waals surface area (Å²) in [5.41, 5.74) is 0.928. The van der Waals surface area contributed by atoms with Crippen LogP contribution in [-0.2, 0) is 5.60 Å². The number of aliphatic hydroxyl groups is 1. The molecule has 1 heterocycles. The second kappa shape index (κ2) is 6.18. The van der Waals surface area contributed by atoms with Crippen LogP contribution in [0.5, 0.6) is 0 Å². The second-order valence-electron chi connectivity index (χ2n) is 5.66. The number of rotatable bonds is 3. The summed E-state index contributed by atoms with van der Waals surface area (Å²) in [5.74, 6) is 0.210. The van der Waals surface area contributed by atoms with Crippen LogP contribution in [0.2, 0.25) is 5.02 Å². The Hall–Kier alpha value is -1.35. The number of hydrogen-bond acceptors (Lipinski definition) is 2. The van der Waals surface area contributed by atoms with Crippen LogP contribution in [0, 0.1) is 5.92 Å². The Morgan fingerprint density at radius 2 is 1.48 bits per heavy atom. The monoisotopic (exact) mass is 301 g/mol. The van der Waals surface area contributed by atoms with Crippen LogP contribution in [0.3, 0.4) is 0 Å². The molecule has 3 heteroatoms. The van der Waals surface area contributed by atoms with Crippen molar-refractivity contribution in [3.05, 3.63) is 70.7 Å². The summed E-state index contributed by atoms with van der Waals surface area (Å²) in [5, 5.41) is 15.7. The lowest BCUT2D eigenvalue weighted by Crippen LogP contribution is -2.42. The van der Waals surface area contributed by atoms with Crippen molar-refractivity contribution in [3.8, 4) is 0 Å². The van der Waals surface area contributed by atoms with Gasteiger partial charge in [-0.2, -0.15) is 0 Å². The van der Waals surface area contributed by atoms with Gasteiger partial charge < -0.3 is 10.4 Å². The molecule has 2 N–H and O–H groups in total. The number of nitrogens with one attached hydrogen (secondary N) is 1. The lowest BCUT2D eigenvalue weighted by Gasteiger charge is -2.39. The molecular formula is C18H20ClNO. The Morgan fingerprint density at radius 3 is 2.10 bits per heavy atom. The topological polar surface area (TPSA) is 32.3 Å². The molecule has 0 unspecified atom stereocenters. The third kappa shape index (κ3) is 2.84. The van der Waals surface area contributed by atoms with Gasteiger partial charge in [0.05, 0.1) is 0 Å². The minimum absolute atomic E-state index is 0.210. The van der Waals surface area contributed by atoms with Gasteiger partial charge in [0, 0.05) is 5.02 Å². The maximum atomic E-state index is 11.6. The molecular weight excluding hydrogens is 282 g/mol. The van der Waals surface area contributed by atoms with Crippen molar-refractivity contribution in [1.82, 2.24) is 5.32 Å². The lowest BCUT2D eigenvalue weighted by molar-refractivity contribution is 0.00236. The molecule has 0 spiro atoms. The molecule has 1 aliphatic heterocycles. The number of hydrogen-bond donors (Lipinski definition) is 2. The van der Waals surface area contributed by atoms with Crippen molar-refractivity contribution in [2.75, 3.05) is 13.1 Å². The maximum absolute atomic E-state index is 11.6. The molecule has 0 radical (unpaired) electrons. The van der Waals surface area contributed by atoms with Crippen LogP contribution >= 0.6 is 11.6 Å². The average Bonchev–Trinajstić information content (AvgIpc) is 2.56. The molecule has 0 saturated carbocycles. The molecule has 2 nitrogen and oxygen atoms in total. The van der Waals surface area contributed by atoms with E-state index in [1.54, 1.807) is 0 Å². The zero-order valence-corrected chi connectivity index (χ0v) is 12.7. The van der Waals surface area contributed by atoms with Gasteiger partial charge in [0.15, 0.2) is 0 Å². The summed E-state index contributed by atoms with van der Waals surface area (Å²) >= 11 is 6.00. The van der Waals surface area contributed by atoms with Crippen LogP contribution in [0.15, 0.2) is 54.6 Å².